The Morgan fingerprint density at radius 3 is 2.71 bits per heavy atom. The lowest BCUT2D eigenvalue weighted by Crippen LogP contribution is -2.31. The van der Waals surface area contributed by atoms with E-state index in [4.69, 9.17) is 9.47 Å². The highest BCUT2D eigenvalue weighted by molar-refractivity contribution is 7.14. The van der Waals surface area contributed by atoms with Crippen LogP contribution in [0, 0.1) is 0 Å². The highest BCUT2D eigenvalue weighted by Gasteiger charge is 2.07. The van der Waals surface area contributed by atoms with Gasteiger partial charge in [-0.1, -0.05) is 0 Å². The van der Waals surface area contributed by atoms with Gasteiger partial charge in [0.25, 0.3) is 0 Å². The Morgan fingerprint density at radius 2 is 2.05 bits per heavy atom. The van der Waals surface area contributed by atoms with E-state index in [1.165, 1.54) is 11.3 Å². The van der Waals surface area contributed by atoms with Gasteiger partial charge in [-0.15, -0.1) is 11.3 Å². The molecular formula is C14H17N3O3S. The van der Waals surface area contributed by atoms with Gasteiger partial charge in [-0.3, -0.25) is 5.32 Å². The van der Waals surface area contributed by atoms with Crippen molar-refractivity contribution in [2.75, 3.05) is 32.7 Å². The lowest BCUT2D eigenvalue weighted by atomic mass is 10.2. The fourth-order valence-corrected chi connectivity index (χ4v) is 2.35. The molecule has 0 aliphatic heterocycles. The molecule has 0 aliphatic rings. The Bertz CT molecular complexity index is 583. The molecule has 2 N–H and O–H groups in total. The van der Waals surface area contributed by atoms with Crippen molar-refractivity contribution in [2.45, 2.75) is 0 Å². The number of thiazole rings is 1. The number of urea groups is 1. The summed E-state index contributed by atoms with van der Waals surface area (Å²) in [6.07, 6.45) is 0. The number of nitrogens with zero attached hydrogens (tertiary/aromatic N) is 1. The molecule has 1 heterocycles. The molecule has 0 atom stereocenters. The Morgan fingerprint density at radius 1 is 1.29 bits per heavy atom. The number of anilines is 1. The van der Waals surface area contributed by atoms with E-state index in [0.29, 0.717) is 18.3 Å². The third-order valence-corrected chi connectivity index (χ3v) is 3.46. The number of benzene rings is 1. The molecule has 2 amide bonds. The number of ether oxygens (including phenoxy) is 2. The van der Waals surface area contributed by atoms with Crippen LogP contribution in [0.4, 0.5) is 9.93 Å². The molecule has 0 fully saturated rings. The van der Waals surface area contributed by atoms with Gasteiger partial charge in [0.15, 0.2) is 5.13 Å². The van der Waals surface area contributed by atoms with Gasteiger partial charge in [0.2, 0.25) is 0 Å². The van der Waals surface area contributed by atoms with Crippen molar-refractivity contribution in [3.05, 3.63) is 29.6 Å². The molecule has 0 bridgehead atoms. The second-order valence-electron chi connectivity index (χ2n) is 4.14. The van der Waals surface area contributed by atoms with E-state index in [1.807, 2.05) is 29.6 Å². The third-order valence-electron chi connectivity index (χ3n) is 2.70. The molecule has 21 heavy (non-hydrogen) atoms. The van der Waals surface area contributed by atoms with E-state index in [9.17, 15) is 4.79 Å². The van der Waals surface area contributed by atoms with Gasteiger partial charge in [0.1, 0.15) is 5.75 Å². The topological polar surface area (TPSA) is 72.5 Å². The minimum Gasteiger partial charge on any atom is -0.497 e. The first kappa shape index (κ1) is 15.3. The van der Waals surface area contributed by atoms with E-state index in [2.05, 4.69) is 15.6 Å². The third kappa shape index (κ3) is 4.44. The number of carbonyl (C=O) groups is 1. The van der Waals surface area contributed by atoms with Crippen molar-refractivity contribution in [1.82, 2.24) is 10.3 Å². The number of hydrogen-bond donors (Lipinski definition) is 2. The van der Waals surface area contributed by atoms with E-state index >= 15 is 0 Å². The molecule has 1 aromatic heterocycles. The SMILES string of the molecule is COCCNC(=O)Nc1nc(-c2ccc(OC)cc2)cs1. The molecule has 2 rings (SSSR count). The van der Waals surface area contributed by atoms with Crippen LogP contribution in [-0.2, 0) is 4.74 Å². The van der Waals surface area contributed by atoms with Gasteiger partial charge < -0.3 is 14.8 Å². The maximum absolute atomic E-state index is 11.6. The second kappa shape index (κ2) is 7.61. The Kier molecular flexibility index (Phi) is 5.53. The molecule has 0 radical (unpaired) electrons. The molecule has 6 nitrogen and oxygen atoms in total. The number of nitrogens with one attached hydrogen (secondary N) is 2. The zero-order chi connectivity index (χ0) is 15.1. The summed E-state index contributed by atoms with van der Waals surface area (Å²) >= 11 is 1.38. The average molecular weight is 307 g/mol. The molecule has 1 aromatic carbocycles. The monoisotopic (exact) mass is 307 g/mol. The zero-order valence-corrected chi connectivity index (χ0v) is 12.7. The van der Waals surface area contributed by atoms with Crippen molar-refractivity contribution in [3.63, 3.8) is 0 Å². The van der Waals surface area contributed by atoms with E-state index in [0.717, 1.165) is 17.0 Å². The van der Waals surface area contributed by atoms with E-state index in [-0.39, 0.29) is 6.03 Å². The van der Waals surface area contributed by atoms with Crippen LogP contribution < -0.4 is 15.4 Å². The molecule has 2 aromatic rings. The first-order chi connectivity index (χ1) is 10.2. The number of amides is 2. The van der Waals surface area contributed by atoms with Crippen molar-refractivity contribution in [3.8, 4) is 17.0 Å². The molecule has 112 valence electrons. The Balaban J connectivity index is 1.95. The van der Waals surface area contributed by atoms with Crippen LogP contribution in [0.3, 0.4) is 0 Å². The smallest absolute Gasteiger partial charge is 0.321 e. The van der Waals surface area contributed by atoms with Crippen molar-refractivity contribution >= 4 is 22.5 Å². The summed E-state index contributed by atoms with van der Waals surface area (Å²) in [5.74, 6) is 0.796. The summed E-state index contributed by atoms with van der Waals surface area (Å²) in [7, 11) is 3.21. The minimum absolute atomic E-state index is 0.289. The maximum Gasteiger partial charge on any atom is 0.321 e. The molecule has 0 unspecified atom stereocenters. The van der Waals surface area contributed by atoms with Crippen LogP contribution in [-0.4, -0.2) is 38.4 Å². The second-order valence-corrected chi connectivity index (χ2v) is 5.00. The van der Waals surface area contributed by atoms with Crippen LogP contribution >= 0.6 is 11.3 Å². The van der Waals surface area contributed by atoms with Gasteiger partial charge in [-0.2, -0.15) is 0 Å². The van der Waals surface area contributed by atoms with Crippen LogP contribution in [0.2, 0.25) is 0 Å². The van der Waals surface area contributed by atoms with Gasteiger partial charge >= 0.3 is 6.03 Å². The normalized spacial score (nSPS) is 10.2. The van der Waals surface area contributed by atoms with Crippen molar-refractivity contribution in [2.24, 2.45) is 0 Å². The highest BCUT2D eigenvalue weighted by Crippen LogP contribution is 2.26. The first-order valence-corrected chi connectivity index (χ1v) is 7.24. The zero-order valence-electron chi connectivity index (χ0n) is 11.9. The summed E-state index contributed by atoms with van der Waals surface area (Å²) in [5, 5.41) is 7.81. The molecular weight excluding hydrogens is 290 g/mol. The van der Waals surface area contributed by atoms with Gasteiger partial charge in [0, 0.05) is 24.6 Å². The van der Waals surface area contributed by atoms with Crippen molar-refractivity contribution in [1.29, 1.82) is 0 Å². The van der Waals surface area contributed by atoms with Crippen LogP contribution in [0.5, 0.6) is 5.75 Å². The van der Waals surface area contributed by atoms with Crippen LogP contribution in [0.15, 0.2) is 29.6 Å². The largest absolute Gasteiger partial charge is 0.497 e. The summed E-state index contributed by atoms with van der Waals surface area (Å²) in [5.41, 5.74) is 1.79. The molecule has 0 spiro atoms. The van der Waals surface area contributed by atoms with Crippen LogP contribution in [0.1, 0.15) is 0 Å². The molecule has 0 aliphatic carbocycles. The number of aromatic nitrogens is 1. The number of methoxy groups -OCH3 is 2. The van der Waals surface area contributed by atoms with E-state index < -0.39 is 0 Å². The quantitative estimate of drug-likeness (QED) is 0.805. The van der Waals surface area contributed by atoms with Crippen molar-refractivity contribution < 1.29 is 14.3 Å². The first-order valence-electron chi connectivity index (χ1n) is 6.36. The lowest BCUT2D eigenvalue weighted by molar-refractivity contribution is 0.198. The fourth-order valence-electron chi connectivity index (χ4n) is 1.63. The molecule has 0 saturated carbocycles. The van der Waals surface area contributed by atoms with Crippen LogP contribution in [0.25, 0.3) is 11.3 Å². The predicted molar refractivity (Wildman–Crippen MR) is 83.0 cm³/mol. The highest BCUT2D eigenvalue weighted by atomic mass is 32.1. The van der Waals surface area contributed by atoms with Gasteiger partial charge in [-0.25, -0.2) is 9.78 Å². The van der Waals surface area contributed by atoms with E-state index in [1.54, 1.807) is 14.2 Å². The summed E-state index contributed by atoms with van der Waals surface area (Å²) in [4.78, 5) is 16.0. The maximum atomic E-state index is 11.6. The number of carbonyl (C=O) groups excluding carboxylic acids is 1. The Labute approximate surface area is 127 Å². The summed E-state index contributed by atoms with van der Waals surface area (Å²) in [6.45, 7) is 0.932. The standard InChI is InChI=1S/C14H17N3O3S/c1-19-8-7-15-13(18)17-14-16-12(9-21-14)10-3-5-11(20-2)6-4-10/h3-6,9H,7-8H2,1-2H3,(H2,15,16,17,18). The van der Waals surface area contributed by atoms with Gasteiger partial charge in [-0.05, 0) is 24.3 Å². The van der Waals surface area contributed by atoms with Gasteiger partial charge in [0.05, 0.1) is 19.4 Å². The Hall–Kier alpha value is -2.12. The predicted octanol–water partition coefficient (Wildman–Crippen LogP) is 2.59. The number of hydrogen-bond acceptors (Lipinski definition) is 5. The minimum atomic E-state index is -0.289. The summed E-state index contributed by atoms with van der Waals surface area (Å²) in [6, 6.07) is 7.31. The summed E-state index contributed by atoms with van der Waals surface area (Å²) < 4.78 is 9.97. The lowest BCUT2D eigenvalue weighted by Gasteiger charge is -2.04. The number of rotatable bonds is 6. The average Bonchev–Trinajstić information content (AvgIpc) is 2.96. The molecule has 7 heteroatoms. The molecule has 0 saturated heterocycles. The fraction of sp³-hybridized carbons (Fsp3) is 0.286.